The number of carbonyl (C=O) groups is 1. The van der Waals surface area contributed by atoms with E-state index in [-0.39, 0.29) is 19.0 Å². The van der Waals surface area contributed by atoms with Crippen LogP contribution in [0.5, 0.6) is 0 Å². The first-order chi connectivity index (χ1) is 7.76. The summed E-state index contributed by atoms with van der Waals surface area (Å²) in [5, 5.41) is 13.5. The Balaban J connectivity index is 2.20. The van der Waals surface area contributed by atoms with Crippen LogP contribution in [0.1, 0.15) is 18.6 Å². The maximum absolute atomic E-state index is 11.1. The van der Waals surface area contributed by atoms with Gasteiger partial charge in [-0.1, -0.05) is 6.92 Å². The Labute approximate surface area is 93.7 Å². The molecule has 0 spiro atoms. The fraction of sp³-hybridized carbons (Fsp3) is 0.500. The molecule has 6 nitrogen and oxygen atoms in total. The molecule has 2 N–H and O–H groups in total. The number of nitrogens with zero attached hydrogens (tertiary/aromatic N) is 2. The first-order valence-electron chi connectivity index (χ1n) is 5.04. The van der Waals surface area contributed by atoms with Crippen LogP contribution in [0.3, 0.4) is 0 Å². The van der Waals surface area contributed by atoms with E-state index in [1.165, 1.54) is 0 Å². The Morgan fingerprint density at radius 2 is 2.50 bits per heavy atom. The van der Waals surface area contributed by atoms with Gasteiger partial charge in [-0.05, 0) is 0 Å². The van der Waals surface area contributed by atoms with Crippen molar-refractivity contribution in [3.05, 3.63) is 17.8 Å². The quantitative estimate of drug-likeness (QED) is 0.659. The fourth-order valence-electron chi connectivity index (χ4n) is 1.08. The van der Waals surface area contributed by atoms with Crippen molar-refractivity contribution in [2.24, 2.45) is 0 Å². The molecule has 1 amide bonds. The van der Waals surface area contributed by atoms with Crippen molar-refractivity contribution in [1.82, 2.24) is 15.6 Å². The van der Waals surface area contributed by atoms with Gasteiger partial charge < -0.3 is 9.73 Å². The third-order valence-electron chi connectivity index (χ3n) is 1.88. The number of hydrogen-bond donors (Lipinski definition) is 2. The van der Waals surface area contributed by atoms with Gasteiger partial charge in [-0.15, -0.1) is 0 Å². The standard InChI is InChI=1S/C10H14N4O2/c1-2-8-5-14-10(16-8)7-12-6-9(15)13-4-3-11/h5,12H,2,4,6-7H2,1H3,(H,13,15). The van der Waals surface area contributed by atoms with Crippen LogP contribution in [0.25, 0.3) is 0 Å². The first kappa shape index (κ1) is 12.2. The second-order valence-corrected chi connectivity index (χ2v) is 3.11. The SMILES string of the molecule is CCc1cnc(CNCC(=O)NCC#N)o1. The van der Waals surface area contributed by atoms with Crippen molar-refractivity contribution in [2.45, 2.75) is 19.9 Å². The van der Waals surface area contributed by atoms with Gasteiger partial charge in [0.05, 0.1) is 25.4 Å². The van der Waals surface area contributed by atoms with Crippen LogP contribution in [0.2, 0.25) is 0 Å². The highest BCUT2D eigenvalue weighted by Gasteiger charge is 2.03. The van der Waals surface area contributed by atoms with E-state index >= 15 is 0 Å². The van der Waals surface area contributed by atoms with Gasteiger partial charge in [0.25, 0.3) is 0 Å². The Bertz CT molecular complexity index is 380. The number of hydrogen-bond acceptors (Lipinski definition) is 5. The van der Waals surface area contributed by atoms with E-state index < -0.39 is 0 Å². The normalized spacial score (nSPS) is 9.75. The molecule has 16 heavy (non-hydrogen) atoms. The molecule has 0 aliphatic rings. The van der Waals surface area contributed by atoms with Crippen molar-refractivity contribution in [1.29, 1.82) is 5.26 Å². The topological polar surface area (TPSA) is 91.0 Å². The number of aryl methyl sites for hydroxylation is 1. The molecule has 1 rings (SSSR count). The van der Waals surface area contributed by atoms with E-state index in [0.29, 0.717) is 12.4 Å². The maximum atomic E-state index is 11.1. The molecule has 0 unspecified atom stereocenters. The van der Waals surface area contributed by atoms with Crippen LogP contribution in [0, 0.1) is 11.3 Å². The number of nitrogens with one attached hydrogen (secondary N) is 2. The van der Waals surface area contributed by atoms with Crippen molar-refractivity contribution < 1.29 is 9.21 Å². The summed E-state index contributed by atoms with van der Waals surface area (Å²) in [7, 11) is 0. The summed E-state index contributed by atoms with van der Waals surface area (Å²) in [5.74, 6) is 1.17. The Kier molecular flexibility index (Phi) is 5.02. The lowest BCUT2D eigenvalue weighted by molar-refractivity contribution is -0.120. The number of carbonyl (C=O) groups excluding carboxylic acids is 1. The number of rotatable bonds is 6. The summed E-state index contributed by atoms with van der Waals surface area (Å²) >= 11 is 0. The molecule has 6 heteroatoms. The summed E-state index contributed by atoms with van der Waals surface area (Å²) in [4.78, 5) is 15.1. The lowest BCUT2D eigenvalue weighted by atomic mass is 10.4. The van der Waals surface area contributed by atoms with Gasteiger partial charge >= 0.3 is 0 Å². The summed E-state index contributed by atoms with van der Waals surface area (Å²) in [5.41, 5.74) is 0. The van der Waals surface area contributed by atoms with E-state index in [4.69, 9.17) is 9.68 Å². The molecule has 0 atom stereocenters. The van der Waals surface area contributed by atoms with Gasteiger partial charge in [0.2, 0.25) is 11.8 Å². The number of nitriles is 1. The molecule has 0 bridgehead atoms. The van der Waals surface area contributed by atoms with Crippen LogP contribution in [-0.4, -0.2) is 24.0 Å². The summed E-state index contributed by atoms with van der Waals surface area (Å²) in [6, 6.07) is 1.83. The molecule has 0 aromatic carbocycles. The summed E-state index contributed by atoms with van der Waals surface area (Å²) in [6.45, 7) is 2.55. The van der Waals surface area contributed by atoms with Gasteiger partial charge in [0.1, 0.15) is 12.3 Å². The van der Waals surface area contributed by atoms with Crippen molar-refractivity contribution in [3.8, 4) is 6.07 Å². The smallest absolute Gasteiger partial charge is 0.234 e. The first-order valence-corrected chi connectivity index (χ1v) is 5.04. The molecule has 0 fully saturated rings. The molecular formula is C10H14N4O2. The minimum Gasteiger partial charge on any atom is -0.444 e. The van der Waals surface area contributed by atoms with Crippen LogP contribution in [-0.2, 0) is 17.8 Å². The second-order valence-electron chi connectivity index (χ2n) is 3.11. The average Bonchev–Trinajstić information content (AvgIpc) is 2.74. The third kappa shape index (κ3) is 4.11. The molecule has 1 heterocycles. The van der Waals surface area contributed by atoms with Gasteiger partial charge in [-0.2, -0.15) is 5.26 Å². The predicted octanol–water partition coefficient (Wildman–Crippen LogP) is -0.0336. The fourth-order valence-corrected chi connectivity index (χ4v) is 1.08. The zero-order chi connectivity index (χ0) is 11.8. The molecule has 0 radical (unpaired) electrons. The molecule has 0 saturated carbocycles. The summed E-state index contributed by atoms with van der Waals surface area (Å²) < 4.78 is 5.34. The molecule has 0 saturated heterocycles. The molecule has 1 aromatic rings. The maximum Gasteiger partial charge on any atom is 0.234 e. The van der Waals surface area contributed by atoms with Gasteiger partial charge in [-0.25, -0.2) is 4.98 Å². The lowest BCUT2D eigenvalue weighted by Crippen LogP contribution is -2.33. The van der Waals surface area contributed by atoms with Crippen LogP contribution in [0.15, 0.2) is 10.6 Å². The minimum absolute atomic E-state index is 0.0273. The Morgan fingerprint density at radius 3 is 3.12 bits per heavy atom. The largest absolute Gasteiger partial charge is 0.444 e. The molecule has 1 aromatic heterocycles. The summed E-state index contributed by atoms with van der Waals surface area (Å²) in [6.07, 6.45) is 2.47. The predicted molar refractivity (Wildman–Crippen MR) is 56.2 cm³/mol. The van der Waals surface area contributed by atoms with E-state index in [1.54, 1.807) is 6.20 Å². The van der Waals surface area contributed by atoms with Crippen molar-refractivity contribution >= 4 is 5.91 Å². The minimum atomic E-state index is -0.219. The van der Waals surface area contributed by atoms with Crippen LogP contribution in [0.4, 0.5) is 0 Å². The lowest BCUT2D eigenvalue weighted by Gasteiger charge is -2.01. The molecule has 0 aliphatic carbocycles. The van der Waals surface area contributed by atoms with Gasteiger partial charge in [0, 0.05) is 6.42 Å². The number of amides is 1. The number of aromatic nitrogens is 1. The van der Waals surface area contributed by atoms with Crippen molar-refractivity contribution in [2.75, 3.05) is 13.1 Å². The Hall–Kier alpha value is -1.87. The van der Waals surface area contributed by atoms with E-state index in [9.17, 15) is 4.79 Å². The highest BCUT2D eigenvalue weighted by Crippen LogP contribution is 2.03. The van der Waals surface area contributed by atoms with Crippen LogP contribution >= 0.6 is 0 Å². The van der Waals surface area contributed by atoms with Crippen molar-refractivity contribution in [3.63, 3.8) is 0 Å². The Morgan fingerprint density at radius 1 is 1.69 bits per heavy atom. The highest BCUT2D eigenvalue weighted by atomic mass is 16.4. The molecule has 0 aliphatic heterocycles. The van der Waals surface area contributed by atoms with E-state index in [0.717, 1.165) is 12.2 Å². The monoisotopic (exact) mass is 222 g/mol. The zero-order valence-corrected chi connectivity index (χ0v) is 9.12. The van der Waals surface area contributed by atoms with Crippen LogP contribution < -0.4 is 10.6 Å². The number of oxazole rings is 1. The molecular weight excluding hydrogens is 208 g/mol. The van der Waals surface area contributed by atoms with E-state index in [1.807, 2.05) is 13.0 Å². The third-order valence-corrected chi connectivity index (χ3v) is 1.88. The molecule has 86 valence electrons. The van der Waals surface area contributed by atoms with Gasteiger partial charge in [0.15, 0.2) is 0 Å². The van der Waals surface area contributed by atoms with E-state index in [2.05, 4.69) is 15.6 Å². The highest BCUT2D eigenvalue weighted by molar-refractivity contribution is 5.78. The zero-order valence-electron chi connectivity index (χ0n) is 9.12. The second kappa shape index (κ2) is 6.58. The van der Waals surface area contributed by atoms with Gasteiger partial charge in [-0.3, -0.25) is 10.1 Å². The average molecular weight is 222 g/mol.